The van der Waals surface area contributed by atoms with Gasteiger partial charge in [-0.05, 0) is 41.1 Å². The van der Waals surface area contributed by atoms with Crippen LogP contribution >= 0.6 is 0 Å². The SMILES string of the molecule is Cc1nnnn1-c1cccc(C(=O)N2CCN(CC=Cc3ccccc3)CC2)c1. The van der Waals surface area contributed by atoms with Gasteiger partial charge in [0.1, 0.15) is 0 Å². The Kier molecular flexibility index (Phi) is 5.76. The topological polar surface area (TPSA) is 67.2 Å². The summed E-state index contributed by atoms with van der Waals surface area (Å²) in [6, 6.07) is 17.8. The minimum Gasteiger partial charge on any atom is -0.336 e. The van der Waals surface area contributed by atoms with Crippen molar-refractivity contribution >= 4 is 12.0 Å². The summed E-state index contributed by atoms with van der Waals surface area (Å²) in [7, 11) is 0. The van der Waals surface area contributed by atoms with Crippen molar-refractivity contribution in [3.8, 4) is 5.69 Å². The second-order valence-electron chi connectivity index (χ2n) is 7.09. The van der Waals surface area contributed by atoms with Gasteiger partial charge in [-0.2, -0.15) is 4.68 Å². The Morgan fingerprint density at radius 1 is 1.03 bits per heavy atom. The highest BCUT2D eigenvalue weighted by atomic mass is 16.2. The van der Waals surface area contributed by atoms with Crippen molar-refractivity contribution < 1.29 is 4.79 Å². The summed E-state index contributed by atoms with van der Waals surface area (Å²) in [5.74, 6) is 0.740. The van der Waals surface area contributed by atoms with Gasteiger partial charge in [-0.15, -0.1) is 5.10 Å². The van der Waals surface area contributed by atoms with Gasteiger partial charge in [-0.1, -0.05) is 48.6 Å². The lowest BCUT2D eigenvalue weighted by Crippen LogP contribution is -2.48. The molecular formula is C22H24N6O. The van der Waals surface area contributed by atoms with Crippen LogP contribution in [0.15, 0.2) is 60.7 Å². The Morgan fingerprint density at radius 3 is 2.55 bits per heavy atom. The fraction of sp³-hybridized carbons (Fsp3) is 0.273. The first kappa shape index (κ1) is 19.0. The molecule has 1 aliphatic rings. The van der Waals surface area contributed by atoms with E-state index in [9.17, 15) is 4.79 Å². The third-order valence-corrected chi connectivity index (χ3v) is 5.10. The Labute approximate surface area is 170 Å². The third-order valence-electron chi connectivity index (χ3n) is 5.10. The van der Waals surface area contributed by atoms with E-state index in [-0.39, 0.29) is 5.91 Å². The van der Waals surface area contributed by atoms with Crippen LogP contribution in [0.5, 0.6) is 0 Å². The second kappa shape index (κ2) is 8.79. The predicted octanol–water partition coefficient (Wildman–Crippen LogP) is 2.44. The molecule has 3 aromatic rings. The summed E-state index contributed by atoms with van der Waals surface area (Å²) < 4.78 is 1.63. The number of hydrogen-bond acceptors (Lipinski definition) is 5. The molecule has 0 N–H and O–H groups in total. The average molecular weight is 388 g/mol. The molecule has 1 aliphatic heterocycles. The largest absolute Gasteiger partial charge is 0.336 e. The second-order valence-corrected chi connectivity index (χ2v) is 7.09. The highest BCUT2D eigenvalue weighted by Crippen LogP contribution is 2.14. The monoisotopic (exact) mass is 388 g/mol. The molecule has 0 saturated carbocycles. The van der Waals surface area contributed by atoms with Crippen LogP contribution < -0.4 is 0 Å². The van der Waals surface area contributed by atoms with Gasteiger partial charge in [0, 0.05) is 38.3 Å². The Morgan fingerprint density at radius 2 is 1.83 bits per heavy atom. The van der Waals surface area contributed by atoms with E-state index in [2.05, 4.69) is 44.7 Å². The van der Waals surface area contributed by atoms with Crippen LogP contribution in [0.2, 0.25) is 0 Å². The zero-order valence-electron chi connectivity index (χ0n) is 16.5. The van der Waals surface area contributed by atoms with Crippen LogP contribution in [-0.2, 0) is 0 Å². The van der Waals surface area contributed by atoms with Gasteiger partial charge < -0.3 is 4.90 Å². The lowest BCUT2D eigenvalue weighted by Gasteiger charge is -2.34. The van der Waals surface area contributed by atoms with Crippen LogP contribution in [0.25, 0.3) is 11.8 Å². The van der Waals surface area contributed by atoms with E-state index in [0.717, 1.165) is 38.4 Å². The van der Waals surface area contributed by atoms with E-state index in [1.165, 1.54) is 5.56 Å². The van der Waals surface area contributed by atoms with E-state index >= 15 is 0 Å². The number of rotatable bonds is 5. The Hall–Kier alpha value is -3.32. The summed E-state index contributed by atoms with van der Waals surface area (Å²) >= 11 is 0. The molecule has 0 spiro atoms. The first-order valence-electron chi connectivity index (χ1n) is 9.79. The quantitative estimate of drug-likeness (QED) is 0.672. The van der Waals surface area contributed by atoms with Crippen LogP contribution in [-0.4, -0.2) is 68.6 Å². The Balaban J connectivity index is 1.33. The molecule has 4 rings (SSSR count). The molecule has 148 valence electrons. The van der Waals surface area contributed by atoms with Gasteiger partial charge in [-0.3, -0.25) is 9.69 Å². The van der Waals surface area contributed by atoms with E-state index in [4.69, 9.17) is 0 Å². The number of amides is 1. The minimum absolute atomic E-state index is 0.0528. The molecule has 1 aromatic heterocycles. The van der Waals surface area contributed by atoms with Crippen molar-refractivity contribution in [3.63, 3.8) is 0 Å². The van der Waals surface area contributed by atoms with E-state index in [1.807, 2.05) is 54.3 Å². The van der Waals surface area contributed by atoms with Gasteiger partial charge >= 0.3 is 0 Å². The summed E-state index contributed by atoms with van der Waals surface area (Å²) in [5.41, 5.74) is 2.66. The zero-order chi connectivity index (χ0) is 20.1. The highest BCUT2D eigenvalue weighted by molar-refractivity contribution is 5.94. The lowest BCUT2D eigenvalue weighted by molar-refractivity contribution is 0.0650. The molecule has 29 heavy (non-hydrogen) atoms. The van der Waals surface area contributed by atoms with Crippen molar-refractivity contribution in [1.29, 1.82) is 0 Å². The van der Waals surface area contributed by atoms with Gasteiger partial charge in [0.05, 0.1) is 5.69 Å². The number of nitrogens with zero attached hydrogens (tertiary/aromatic N) is 6. The number of carbonyl (C=O) groups is 1. The number of aromatic nitrogens is 4. The van der Waals surface area contributed by atoms with Gasteiger partial charge in [0.25, 0.3) is 5.91 Å². The van der Waals surface area contributed by atoms with Crippen LogP contribution in [0.1, 0.15) is 21.7 Å². The first-order valence-corrected chi connectivity index (χ1v) is 9.79. The molecule has 2 aromatic carbocycles. The standard InChI is InChI=1S/C22H24N6O/c1-18-23-24-25-28(18)21-11-5-10-20(17-21)22(29)27-15-13-26(14-16-27)12-6-9-19-7-3-2-4-8-19/h2-11,17H,12-16H2,1H3. The molecule has 1 saturated heterocycles. The van der Waals surface area contributed by atoms with Crippen LogP contribution in [0.4, 0.5) is 0 Å². The highest BCUT2D eigenvalue weighted by Gasteiger charge is 2.22. The number of aryl methyl sites for hydroxylation is 1. The fourth-order valence-electron chi connectivity index (χ4n) is 3.46. The molecule has 0 radical (unpaired) electrons. The maximum absolute atomic E-state index is 12.9. The van der Waals surface area contributed by atoms with Gasteiger partial charge in [-0.25, -0.2) is 0 Å². The number of hydrogen-bond donors (Lipinski definition) is 0. The molecule has 0 aliphatic carbocycles. The summed E-state index contributed by atoms with van der Waals surface area (Å²) in [4.78, 5) is 17.2. The van der Waals surface area contributed by atoms with E-state index in [0.29, 0.717) is 11.4 Å². The maximum Gasteiger partial charge on any atom is 0.254 e. The van der Waals surface area contributed by atoms with E-state index < -0.39 is 0 Å². The molecule has 1 amide bonds. The fourth-order valence-corrected chi connectivity index (χ4v) is 3.46. The zero-order valence-corrected chi connectivity index (χ0v) is 16.5. The smallest absolute Gasteiger partial charge is 0.254 e. The third kappa shape index (κ3) is 4.57. The van der Waals surface area contributed by atoms with Crippen molar-refractivity contribution in [1.82, 2.24) is 30.0 Å². The van der Waals surface area contributed by atoms with Gasteiger partial charge in [0.2, 0.25) is 0 Å². The number of tetrazole rings is 1. The molecule has 1 fully saturated rings. The first-order chi connectivity index (χ1) is 14.2. The summed E-state index contributed by atoms with van der Waals surface area (Å²) in [6.07, 6.45) is 4.33. The number of carbonyl (C=O) groups excluding carboxylic acids is 1. The van der Waals surface area contributed by atoms with Crippen LogP contribution in [0.3, 0.4) is 0 Å². The predicted molar refractivity (Wildman–Crippen MR) is 112 cm³/mol. The molecule has 2 heterocycles. The molecule has 0 unspecified atom stereocenters. The van der Waals surface area contributed by atoms with Gasteiger partial charge in [0.15, 0.2) is 5.82 Å². The van der Waals surface area contributed by atoms with Crippen LogP contribution in [0, 0.1) is 6.92 Å². The van der Waals surface area contributed by atoms with E-state index in [1.54, 1.807) is 4.68 Å². The molecule has 7 nitrogen and oxygen atoms in total. The van der Waals surface area contributed by atoms with Crippen molar-refractivity contribution in [2.75, 3.05) is 32.7 Å². The molecular weight excluding hydrogens is 364 g/mol. The summed E-state index contributed by atoms with van der Waals surface area (Å²) in [5, 5.41) is 11.6. The average Bonchev–Trinajstić information content (AvgIpc) is 3.20. The molecule has 7 heteroatoms. The summed E-state index contributed by atoms with van der Waals surface area (Å²) in [6.45, 7) is 5.93. The number of benzene rings is 2. The minimum atomic E-state index is 0.0528. The van der Waals surface area contributed by atoms with Crippen molar-refractivity contribution in [2.45, 2.75) is 6.92 Å². The lowest BCUT2D eigenvalue weighted by atomic mass is 10.1. The molecule has 0 bridgehead atoms. The van der Waals surface area contributed by atoms with Crippen molar-refractivity contribution in [3.05, 3.63) is 77.6 Å². The maximum atomic E-state index is 12.9. The Bertz CT molecular complexity index is 989. The molecule has 0 atom stereocenters. The normalized spacial score (nSPS) is 15.1. The van der Waals surface area contributed by atoms with Crippen molar-refractivity contribution in [2.24, 2.45) is 0 Å². The number of piperazine rings is 1.